The molecule has 0 bridgehead atoms. The van der Waals surface area contributed by atoms with Crippen molar-refractivity contribution in [2.75, 3.05) is 6.54 Å². The minimum Gasteiger partial charge on any atom is -0.508 e. The standard InChI is InChI=1S/C17H23N7O5/c1-9(25)22-14(8-10-7-11(26)4-5-12(10)24-20)15(27)23-13(16(28)29)3-2-6-21-17(18)19/h4-5,7,13-14H,2-3,6,8H2,1H3,(H7-,18,19,21,22,23,25,26,27,28,29)/p+1/t13-,14-/m0/s1. The average Bonchev–Trinajstić information content (AvgIpc) is 2.63. The maximum atomic E-state index is 12.6. The van der Waals surface area contributed by atoms with Gasteiger partial charge in [0.2, 0.25) is 17.2 Å². The van der Waals surface area contributed by atoms with E-state index in [4.69, 9.17) is 16.9 Å². The first-order valence-electron chi connectivity index (χ1n) is 8.66. The summed E-state index contributed by atoms with van der Waals surface area (Å²) < 4.78 is 0. The molecular weight excluding hydrogens is 382 g/mol. The Morgan fingerprint density at radius 2 is 1.93 bits per heavy atom. The van der Waals surface area contributed by atoms with Gasteiger partial charge in [0.05, 0.1) is 5.56 Å². The summed E-state index contributed by atoms with van der Waals surface area (Å²) >= 11 is 0. The molecule has 0 saturated heterocycles. The van der Waals surface area contributed by atoms with E-state index in [2.05, 4.69) is 20.6 Å². The van der Waals surface area contributed by atoms with Crippen LogP contribution in [-0.2, 0) is 20.8 Å². The van der Waals surface area contributed by atoms with E-state index in [1.54, 1.807) is 0 Å². The Balaban J connectivity index is 2.93. The summed E-state index contributed by atoms with van der Waals surface area (Å²) in [6.07, 6.45) is 0.230. The van der Waals surface area contributed by atoms with E-state index >= 15 is 0 Å². The highest BCUT2D eigenvalue weighted by Gasteiger charge is 2.28. The largest absolute Gasteiger partial charge is 0.508 e. The number of carboxylic acids is 1. The van der Waals surface area contributed by atoms with E-state index in [9.17, 15) is 24.6 Å². The molecule has 12 heteroatoms. The number of hydrogen-bond acceptors (Lipinski definition) is 6. The topological polar surface area (TPSA) is 208 Å². The van der Waals surface area contributed by atoms with E-state index in [1.807, 2.05) is 0 Å². The van der Waals surface area contributed by atoms with Crippen LogP contribution in [0.1, 0.15) is 25.3 Å². The number of rotatable bonds is 10. The molecule has 1 rings (SSSR count). The Bertz CT molecular complexity index is 830. The molecule has 0 radical (unpaired) electrons. The lowest BCUT2D eigenvalue weighted by Gasteiger charge is -2.20. The van der Waals surface area contributed by atoms with Gasteiger partial charge in [0.1, 0.15) is 17.8 Å². The van der Waals surface area contributed by atoms with Gasteiger partial charge in [-0.1, -0.05) is 0 Å². The second-order valence-electron chi connectivity index (χ2n) is 6.22. The maximum Gasteiger partial charge on any atom is 0.388 e. The molecule has 156 valence electrons. The molecule has 8 N–H and O–H groups in total. The predicted octanol–water partition coefficient (Wildman–Crippen LogP) is -0.453. The van der Waals surface area contributed by atoms with Crippen molar-refractivity contribution in [3.8, 4) is 5.75 Å². The van der Waals surface area contributed by atoms with Crippen LogP contribution in [0.25, 0.3) is 4.98 Å². The number of phenolic OH excluding ortho intramolecular Hbond substituents is 1. The number of nitrogens with two attached hydrogens (primary N) is 2. The van der Waals surface area contributed by atoms with Crippen molar-refractivity contribution in [3.05, 3.63) is 28.7 Å². The third-order valence-corrected chi connectivity index (χ3v) is 3.85. The number of benzene rings is 1. The lowest BCUT2D eigenvalue weighted by Crippen LogP contribution is -2.52. The maximum absolute atomic E-state index is 12.6. The van der Waals surface area contributed by atoms with Gasteiger partial charge in [-0.15, -0.1) is 0 Å². The van der Waals surface area contributed by atoms with Gasteiger partial charge in [0, 0.05) is 26.0 Å². The fraction of sp³-hybridized carbons (Fsp3) is 0.412. The molecule has 0 heterocycles. The number of nitrogens with zero attached hydrogens (tertiary/aromatic N) is 3. The van der Waals surface area contributed by atoms with Crippen molar-refractivity contribution in [2.24, 2.45) is 16.5 Å². The first kappa shape index (κ1) is 23.2. The number of diazo groups is 1. The van der Waals surface area contributed by atoms with Crippen LogP contribution in [0.15, 0.2) is 23.2 Å². The van der Waals surface area contributed by atoms with Crippen LogP contribution in [0.4, 0.5) is 5.69 Å². The van der Waals surface area contributed by atoms with Crippen LogP contribution in [-0.4, -0.2) is 52.6 Å². The average molecular weight is 406 g/mol. The number of carbonyl (C=O) groups excluding carboxylic acids is 2. The zero-order valence-corrected chi connectivity index (χ0v) is 15.8. The van der Waals surface area contributed by atoms with E-state index in [0.717, 1.165) is 0 Å². The number of amides is 2. The van der Waals surface area contributed by atoms with E-state index in [0.29, 0.717) is 6.42 Å². The van der Waals surface area contributed by atoms with Gasteiger partial charge in [0.25, 0.3) is 0 Å². The number of aliphatic carboxylic acids is 1. The van der Waals surface area contributed by atoms with Crippen LogP contribution < -0.4 is 22.1 Å². The van der Waals surface area contributed by atoms with Gasteiger partial charge >= 0.3 is 11.7 Å². The lowest BCUT2D eigenvalue weighted by atomic mass is 10.0. The second-order valence-corrected chi connectivity index (χ2v) is 6.22. The van der Waals surface area contributed by atoms with Gasteiger partial charge in [-0.05, 0) is 25.0 Å². The molecule has 0 aliphatic heterocycles. The summed E-state index contributed by atoms with van der Waals surface area (Å²) in [5.74, 6) is -2.78. The zero-order valence-electron chi connectivity index (χ0n) is 15.8. The zero-order chi connectivity index (χ0) is 22.0. The van der Waals surface area contributed by atoms with Crippen molar-refractivity contribution in [3.63, 3.8) is 0 Å². The molecule has 0 fully saturated rings. The third-order valence-electron chi connectivity index (χ3n) is 3.85. The molecule has 0 aliphatic rings. The normalized spacial score (nSPS) is 12.1. The Hall–Kier alpha value is -3.88. The molecule has 1 aromatic rings. The first-order valence-corrected chi connectivity index (χ1v) is 8.66. The molecule has 1 aromatic carbocycles. The number of aromatic hydroxyl groups is 1. The third kappa shape index (κ3) is 8.12. The van der Waals surface area contributed by atoms with E-state index < -0.39 is 29.9 Å². The quantitative estimate of drug-likeness (QED) is 0.129. The first-order chi connectivity index (χ1) is 13.6. The van der Waals surface area contributed by atoms with Gasteiger partial charge in [0.15, 0.2) is 10.9 Å². The Kier molecular flexibility index (Phi) is 8.84. The molecule has 2 atom stereocenters. The molecule has 0 saturated carbocycles. The van der Waals surface area contributed by atoms with Crippen LogP contribution in [0, 0.1) is 5.39 Å². The number of phenols is 1. The number of guanidine groups is 1. The van der Waals surface area contributed by atoms with E-state index in [1.165, 1.54) is 25.1 Å². The molecular formula is C17H24N7O5+. The second kappa shape index (κ2) is 11.1. The molecule has 0 aromatic heterocycles. The summed E-state index contributed by atoms with van der Waals surface area (Å²) in [6.45, 7) is 1.39. The fourth-order valence-corrected chi connectivity index (χ4v) is 2.54. The number of carboxylic acid groups (broad SMARTS) is 1. The molecule has 12 nitrogen and oxygen atoms in total. The molecule has 0 aliphatic carbocycles. The molecule has 2 amide bonds. The summed E-state index contributed by atoms with van der Waals surface area (Å²) in [7, 11) is 0. The Labute approximate surface area is 166 Å². The molecule has 0 unspecified atom stereocenters. The van der Waals surface area contributed by atoms with E-state index in [-0.39, 0.29) is 42.3 Å². The monoisotopic (exact) mass is 406 g/mol. The van der Waals surface area contributed by atoms with Crippen LogP contribution >= 0.6 is 0 Å². The van der Waals surface area contributed by atoms with Gasteiger partial charge < -0.3 is 32.3 Å². The lowest BCUT2D eigenvalue weighted by molar-refractivity contribution is -0.142. The highest BCUT2D eigenvalue weighted by atomic mass is 16.4. The van der Waals surface area contributed by atoms with Crippen molar-refractivity contribution >= 4 is 29.4 Å². The smallest absolute Gasteiger partial charge is 0.388 e. The van der Waals surface area contributed by atoms with Crippen molar-refractivity contribution in [1.82, 2.24) is 10.6 Å². The van der Waals surface area contributed by atoms with Crippen LogP contribution in [0.5, 0.6) is 5.75 Å². The Morgan fingerprint density at radius 1 is 1.24 bits per heavy atom. The Morgan fingerprint density at radius 3 is 2.48 bits per heavy atom. The predicted molar refractivity (Wildman–Crippen MR) is 104 cm³/mol. The van der Waals surface area contributed by atoms with Gasteiger partial charge in [-0.3, -0.25) is 14.6 Å². The van der Waals surface area contributed by atoms with Crippen LogP contribution in [0.2, 0.25) is 0 Å². The summed E-state index contributed by atoms with van der Waals surface area (Å²) in [5, 5.41) is 32.8. The minimum atomic E-state index is -1.26. The summed E-state index contributed by atoms with van der Waals surface area (Å²) in [5.41, 5.74) is 10.8. The SMILES string of the molecule is CC(=O)N[C@@H](Cc1cc(O)ccc1[N+]#N)C(=O)N[C@@H](CCCN=C(N)N)C(=O)O. The van der Waals surface area contributed by atoms with Gasteiger partial charge in [-0.2, -0.15) is 0 Å². The summed E-state index contributed by atoms with van der Waals surface area (Å²) in [6, 6.07) is 1.52. The number of carbonyl (C=O) groups is 3. The van der Waals surface area contributed by atoms with Gasteiger partial charge in [-0.25, -0.2) is 4.79 Å². The highest BCUT2D eigenvalue weighted by Crippen LogP contribution is 2.25. The highest BCUT2D eigenvalue weighted by molar-refractivity contribution is 5.90. The molecule has 0 spiro atoms. The van der Waals surface area contributed by atoms with Crippen molar-refractivity contribution in [1.29, 1.82) is 5.39 Å². The fourth-order valence-electron chi connectivity index (χ4n) is 2.54. The van der Waals surface area contributed by atoms with Crippen molar-refractivity contribution < 1.29 is 24.6 Å². The summed E-state index contributed by atoms with van der Waals surface area (Å²) in [4.78, 5) is 42.4. The van der Waals surface area contributed by atoms with Crippen LogP contribution in [0.3, 0.4) is 0 Å². The molecule has 29 heavy (non-hydrogen) atoms. The van der Waals surface area contributed by atoms with Crippen molar-refractivity contribution in [2.45, 2.75) is 38.3 Å². The minimum absolute atomic E-state index is 0.0635. The number of aliphatic imine (C=N–C) groups is 1. The number of hydrogen-bond donors (Lipinski definition) is 6. The number of nitrogens with one attached hydrogen (secondary N) is 2.